The Labute approximate surface area is 182 Å². The third-order valence-electron chi connectivity index (χ3n) is 5.75. The average molecular weight is 421 g/mol. The normalized spacial score (nSPS) is 17.8. The maximum absolute atomic E-state index is 13.2. The van der Waals surface area contributed by atoms with Crippen molar-refractivity contribution >= 4 is 17.5 Å². The number of likely N-dealkylation sites (N-methyl/N-ethyl adjacent to an activating group) is 1. The lowest BCUT2D eigenvalue weighted by Gasteiger charge is -2.25. The molecule has 1 aliphatic carbocycles. The molecule has 1 heterocycles. The van der Waals surface area contributed by atoms with Gasteiger partial charge in [0.25, 0.3) is 5.91 Å². The third kappa shape index (κ3) is 4.40. The van der Waals surface area contributed by atoms with Crippen molar-refractivity contribution < 1.29 is 19.1 Å². The average Bonchev–Trinajstić information content (AvgIpc) is 3.56. The van der Waals surface area contributed by atoms with Gasteiger partial charge in [-0.2, -0.15) is 5.10 Å². The van der Waals surface area contributed by atoms with Gasteiger partial charge in [-0.3, -0.25) is 9.59 Å². The van der Waals surface area contributed by atoms with Gasteiger partial charge >= 0.3 is 0 Å². The second-order valence-corrected chi connectivity index (χ2v) is 7.95. The fraction of sp³-hybridized carbons (Fsp3) is 0.375. The fourth-order valence-corrected chi connectivity index (χ4v) is 3.87. The summed E-state index contributed by atoms with van der Waals surface area (Å²) in [7, 11) is 4.89. The Bertz CT molecular complexity index is 1000. The van der Waals surface area contributed by atoms with Crippen LogP contribution in [0.3, 0.4) is 0 Å². The van der Waals surface area contributed by atoms with E-state index in [0.29, 0.717) is 17.9 Å². The molecule has 1 fully saturated rings. The summed E-state index contributed by atoms with van der Waals surface area (Å²) < 4.78 is 10.8. The van der Waals surface area contributed by atoms with Crippen LogP contribution in [-0.4, -0.2) is 55.2 Å². The van der Waals surface area contributed by atoms with Gasteiger partial charge in [-0.15, -0.1) is 0 Å². The molecule has 7 nitrogen and oxygen atoms in total. The van der Waals surface area contributed by atoms with Gasteiger partial charge in [-0.1, -0.05) is 30.3 Å². The van der Waals surface area contributed by atoms with Crippen molar-refractivity contribution in [2.75, 3.05) is 27.8 Å². The molecule has 0 spiro atoms. The molecule has 1 atom stereocenters. The zero-order valence-electron chi connectivity index (χ0n) is 18.1. The molecule has 0 unspecified atom stereocenters. The van der Waals surface area contributed by atoms with E-state index < -0.39 is 0 Å². The van der Waals surface area contributed by atoms with Crippen LogP contribution in [0.25, 0.3) is 0 Å². The molecule has 7 heteroatoms. The first-order valence-electron chi connectivity index (χ1n) is 10.4. The van der Waals surface area contributed by atoms with Crippen molar-refractivity contribution in [3.8, 4) is 11.5 Å². The van der Waals surface area contributed by atoms with Crippen LogP contribution in [0.4, 0.5) is 0 Å². The van der Waals surface area contributed by atoms with E-state index in [1.807, 2.05) is 48.5 Å². The maximum Gasteiger partial charge on any atom is 0.262 e. The molecule has 0 radical (unpaired) electrons. The van der Waals surface area contributed by atoms with E-state index in [4.69, 9.17) is 14.6 Å². The maximum atomic E-state index is 13.2. The summed E-state index contributed by atoms with van der Waals surface area (Å²) in [6, 6.07) is 15.2. The van der Waals surface area contributed by atoms with Crippen LogP contribution in [0.5, 0.6) is 11.5 Å². The lowest BCUT2D eigenvalue weighted by molar-refractivity contribution is -0.141. The van der Waals surface area contributed by atoms with E-state index in [1.54, 1.807) is 21.3 Å². The van der Waals surface area contributed by atoms with E-state index in [1.165, 1.54) is 9.91 Å². The molecule has 2 aromatic carbocycles. The molecular weight excluding hydrogens is 394 g/mol. The minimum absolute atomic E-state index is 0.00912. The van der Waals surface area contributed by atoms with Crippen molar-refractivity contribution in [1.29, 1.82) is 0 Å². The van der Waals surface area contributed by atoms with Crippen molar-refractivity contribution in [2.24, 2.45) is 11.0 Å². The van der Waals surface area contributed by atoms with E-state index >= 15 is 0 Å². The summed E-state index contributed by atoms with van der Waals surface area (Å²) in [4.78, 5) is 27.0. The fourth-order valence-electron chi connectivity index (χ4n) is 3.87. The monoisotopic (exact) mass is 421 g/mol. The van der Waals surface area contributed by atoms with E-state index in [9.17, 15) is 9.59 Å². The number of hydrogen-bond donors (Lipinski definition) is 0. The second-order valence-electron chi connectivity index (χ2n) is 7.95. The predicted molar refractivity (Wildman–Crippen MR) is 117 cm³/mol. The minimum atomic E-state index is -0.236. The standard InChI is InChI=1S/C24H27N3O4/c1-26(24(29)17-9-10-17)15-23(28)27-21(16-7-5-4-6-8-16)14-20(25-27)19-12-11-18(30-2)13-22(19)31-3/h4-8,11-13,17,21H,9-10,14-15H2,1-3H3/t21-/m1/s1. The van der Waals surface area contributed by atoms with Crippen LogP contribution in [0.1, 0.15) is 36.4 Å². The Morgan fingerprint density at radius 2 is 1.84 bits per heavy atom. The Morgan fingerprint density at radius 3 is 2.48 bits per heavy atom. The van der Waals surface area contributed by atoms with Gasteiger partial charge in [0.1, 0.15) is 18.0 Å². The Kier molecular flexibility index (Phi) is 5.93. The zero-order chi connectivity index (χ0) is 22.0. The molecule has 0 bridgehead atoms. The van der Waals surface area contributed by atoms with E-state index in [-0.39, 0.29) is 30.3 Å². The van der Waals surface area contributed by atoms with Crippen molar-refractivity contribution in [3.05, 3.63) is 59.7 Å². The zero-order valence-corrected chi connectivity index (χ0v) is 18.1. The summed E-state index contributed by atoms with van der Waals surface area (Å²) in [5.74, 6) is 1.23. The third-order valence-corrected chi connectivity index (χ3v) is 5.75. The number of carbonyl (C=O) groups excluding carboxylic acids is 2. The van der Waals surface area contributed by atoms with Crippen molar-refractivity contribution in [3.63, 3.8) is 0 Å². The number of rotatable bonds is 7. The molecule has 31 heavy (non-hydrogen) atoms. The molecule has 1 saturated carbocycles. The number of hydrogen-bond acceptors (Lipinski definition) is 5. The van der Waals surface area contributed by atoms with Gasteiger partial charge in [0.15, 0.2) is 0 Å². The number of methoxy groups -OCH3 is 2. The predicted octanol–water partition coefficient (Wildman–Crippen LogP) is 3.25. The molecule has 2 aliphatic rings. The Hall–Kier alpha value is -3.35. The number of benzene rings is 2. The highest BCUT2D eigenvalue weighted by atomic mass is 16.5. The van der Waals surface area contributed by atoms with Gasteiger partial charge in [-0.05, 0) is 30.5 Å². The SMILES string of the molecule is COc1ccc(C2=NN(C(=O)CN(C)C(=O)C3CC3)[C@@H](c3ccccc3)C2)c(OC)c1. The largest absolute Gasteiger partial charge is 0.497 e. The number of ether oxygens (including phenoxy) is 2. The first-order valence-corrected chi connectivity index (χ1v) is 10.4. The molecule has 0 N–H and O–H groups in total. The quantitative estimate of drug-likeness (QED) is 0.688. The molecule has 0 saturated heterocycles. The van der Waals surface area contributed by atoms with Gasteiger partial charge in [-0.25, -0.2) is 5.01 Å². The molecule has 2 amide bonds. The van der Waals surface area contributed by atoms with E-state index in [0.717, 1.165) is 29.7 Å². The smallest absolute Gasteiger partial charge is 0.262 e. The highest BCUT2D eigenvalue weighted by Crippen LogP contribution is 2.36. The van der Waals surface area contributed by atoms with Crippen molar-refractivity contribution in [1.82, 2.24) is 9.91 Å². The molecule has 1 aliphatic heterocycles. The molecule has 0 aromatic heterocycles. The van der Waals surface area contributed by atoms with Crippen LogP contribution in [0.2, 0.25) is 0 Å². The van der Waals surface area contributed by atoms with Crippen LogP contribution in [-0.2, 0) is 9.59 Å². The second kappa shape index (κ2) is 8.79. The number of nitrogens with zero attached hydrogens (tertiary/aromatic N) is 3. The summed E-state index contributed by atoms with van der Waals surface area (Å²) in [5, 5.41) is 6.21. The summed E-state index contributed by atoms with van der Waals surface area (Å²) in [5.41, 5.74) is 2.58. The molecular formula is C24H27N3O4. The molecule has 162 valence electrons. The Morgan fingerprint density at radius 1 is 1.10 bits per heavy atom. The van der Waals surface area contributed by atoms with Crippen LogP contribution in [0, 0.1) is 5.92 Å². The molecule has 2 aromatic rings. The Balaban J connectivity index is 1.63. The summed E-state index contributed by atoms with van der Waals surface area (Å²) in [6.45, 7) is 0.00912. The van der Waals surface area contributed by atoms with Crippen molar-refractivity contribution in [2.45, 2.75) is 25.3 Å². The van der Waals surface area contributed by atoms with Crippen LogP contribution < -0.4 is 9.47 Å². The van der Waals surface area contributed by atoms with Gasteiger partial charge in [0.05, 0.1) is 26.0 Å². The van der Waals surface area contributed by atoms with Gasteiger partial charge in [0, 0.05) is 31.0 Å². The lowest BCUT2D eigenvalue weighted by atomic mass is 9.98. The van der Waals surface area contributed by atoms with Crippen LogP contribution >= 0.6 is 0 Å². The van der Waals surface area contributed by atoms with Gasteiger partial charge < -0.3 is 14.4 Å². The molecule has 4 rings (SSSR count). The van der Waals surface area contributed by atoms with E-state index in [2.05, 4.69) is 0 Å². The summed E-state index contributed by atoms with van der Waals surface area (Å²) >= 11 is 0. The number of hydrazone groups is 1. The first-order chi connectivity index (χ1) is 15.0. The summed E-state index contributed by atoms with van der Waals surface area (Å²) in [6.07, 6.45) is 2.37. The first kappa shape index (κ1) is 20.9. The number of amides is 2. The minimum Gasteiger partial charge on any atom is -0.497 e. The van der Waals surface area contributed by atoms with Gasteiger partial charge in [0.2, 0.25) is 5.91 Å². The lowest BCUT2D eigenvalue weighted by Crippen LogP contribution is -2.39. The van der Waals surface area contributed by atoms with Crippen LogP contribution in [0.15, 0.2) is 53.6 Å². The highest BCUT2D eigenvalue weighted by molar-refractivity contribution is 6.05. The topological polar surface area (TPSA) is 71.4 Å². The highest BCUT2D eigenvalue weighted by Gasteiger charge is 2.37. The number of carbonyl (C=O) groups is 2.